The van der Waals surface area contributed by atoms with E-state index in [9.17, 15) is 0 Å². The number of aromatic nitrogens is 1. The maximum Gasteiger partial charge on any atom is 0.297 e. The van der Waals surface area contributed by atoms with Crippen molar-refractivity contribution in [1.29, 1.82) is 0 Å². The number of oxazole rings is 1. The molecule has 0 N–H and O–H groups in total. The van der Waals surface area contributed by atoms with Gasteiger partial charge in [-0.2, -0.15) is 4.98 Å². The van der Waals surface area contributed by atoms with Crippen LogP contribution in [0.15, 0.2) is 10.7 Å². The van der Waals surface area contributed by atoms with Gasteiger partial charge in [0.15, 0.2) is 0 Å². The van der Waals surface area contributed by atoms with Crippen molar-refractivity contribution >= 4 is 6.01 Å². The van der Waals surface area contributed by atoms with Gasteiger partial charge < -0.3 is 14.2 Å². The van der Waals surface area contributed by atoms with E-state index in [-0.39, 0.29) is 0 Å². The molecule has 0 amide bonds. The first-order valence-corrected chi connectivity index (χ1v) is 5.61. The van der Waals surface area contributed by atoms with E-state index in [0.717, 1.165) is 37.9 Å². The predicted octanol–water partition coefficient (Wildman–Crippen LogP) is 1.76. The van der Waals surface area contributed by atoms with Crippen molar-refractivity contribution in [2.75, 3.05) is 38.1 Å². The second-order valence-electron chi connectivity index (χ2n) is 3.56. The minimum atomic E-state index is 0.769. The third kappa shape index (κ3) is 3.23. The van der Waals surface area contributed by atoms with E-state index in [1.807, 2.05) is 20.8 Å². The second-order valence-corrected chi connectivity index (χ2v) is 3.56. The van der Waals surface area contributed by atoms with Crippen LogP contribution >= 0.6 is 0 Å². The minimum Gasteiger partial charge on any atom is -0.432 e. The van der Waals surface area contributed by atoms with Crippen LogP contribution in [-0.4, -0.2) is 43.1 Å². The fourth-order valence-electron chi connectivity index (χ4n) is 1.48. The highest BCUT2D eigenvalue weighted by Crippen LogP contribution is 2.14. The Balaban J connectivity index is 0.000000531. The Hall–Kier alpha value is -1.03. The highest BCUT2D eigenvalue weighted by molar-refractivity contribution is 5.27. The summed E-state index contributed by atoms with van der Waals surface area (Å²) >= 11 is 0. The molecule has 86 valence electrons. The second kappa shape index (κ2) is 5.75. The molecular weight excluding hydrogens is 190 g/mol. The standard InChI is InChI=1S/C9H15N3O.C2H6/c1-8-7-13-9(10-8)12-5-3-11(2)4-6-12;1-2/h7H,3-6H2,1-2H3;1-2H3. The zero-order valence-electron chi connectivity index (χ0n) is 10.2. The Morgan fingerprint density at radius 2 is 1.80 bits per heavy atom. The number of aryl methyl sites for hydroxylation is 1. The lowest BCUT2D eigenvalue weighted by Crippen LogP contribution is -2.44. The van der Waals surface area contributed by atoms with Crippen LogP contribution in [0.4, 0.5) is 6.01 Å². The maximum absolute atomic E-state index is 5.34. The third-order valence-electron chi connectivity index (χ3n) is 2.38. The van der Waals surface area contributed by atoms with Crippen LogP contribution in [0.2, 0.25) is 0 Å². The van der Waals surface area contributed by atoms with Gasteiger partial charge in [0, 0.05) is 26.2 Å². The zero-order valence-corrected chi connectivity index (χ0v) is 10.2. The molecular formula is C11H21N3O. The van der Waals surface area contributed by atoms with Crippen molar-refractivity contribution in [3.8, 4) is 0 Å². The Kier molecular flexibility index (Phi) is 4.62. The molecule has 0 atom stereocenters. The van der Waals surface area contributed by atoms with E-state index in [1.165, 1.54) is 0 Å². The third-order valence-corrected chi connectivity index (χ3v) is 2.38. The summed E-state index contributed by atoms with van der Waals surface area (Å²) in [6, 6.07) is 0.769. The Morgan fingerprint density at radius 3 is 2.27 bits per heavy atom. The molecule has 4 heteroatoms. The molecule has 1 fully saturated rings. The number of anilines is 1. The quantitative estimate of drug-likeness (QED) is 0.708. The van der Waals surface area contributed by atoms with Gasteiger partial charge in [-0.05, 0) is 14.0 Å². The largest absolute Gasteiger partial charge is 0.432 e. The van der Waals surface area contributed by atoms with Crippen molar-refractivity contribution in [1.82, 2.24) is 9.88 Å². The fourth-order valence-corrected chi connectivity index (χ4v) is 1.48. The lowest BCUT2D eigenvalue weighted by molar-refractivity contribution is 0.305. The van der Waals surface area contributed by atoms with E-state index in [1.54, 1.807) is 6.26 Å². The van der Waals surface area contributed by atoms with E-state index in [4.69, 9.17) is 4.42 Å². The Labute approximate surface area is 91.9 Å². The van der Waals surface area contributed by atoms with E-state index >= 15 is 0 Å². The van der Waals surface area contributed by atoms with Crippen LogP contribution in [0.1, 0.15) is 19.5 Å². The smallest absolute Gasteiger partial charge is 0.297 e. The molecule has 0 saturated carbocycles. The van der Waals surface area contributed by atoms with Gasteiger partial charge in [-0.25, -0.2) is 0 Å². The molecule has 2 rings (SSSR count). The lowest BCUT2D eigenvalue weighted by Gasteiger charge is -2.31. The number of hydrogen-bond donors (Lipinski definition) is 0. The molecule has 1 aromatic rings. The molecule has 1 aromatic heterocycles. The molecule has 0 aromatic carbocycles. The fraction of sp³-hybridized carbons (Fsp3) is 0.727. The van der Waals surface area contributed by atoms with Crippen molar-refractivity contribution < 1.29 is 4.42 Å². The summed E-state index contributed by atoms with van der Waals surface area (Å²) in [6.45, 7) is 10.1. The van der Waals surface area contributed by atoms with Gasteiger partial charge in [-0.1, -0.05) is 13.8 Å². The average molecular weight is 211 g/mol. The van der Waals surface area contributed by atoms with Crippen LogP contribution in [0.5, 0.6) is 0 Å². The first kappa shape index (κ1) is 12.0. The van der Waals surface area contributed by atoms with E-state index < -0.39 is 0 Å². The summed E-state index contributed by atoms with van der Waals surface area (Å²) in [5.74, 6) is 0. The van der Waals surface area contributed by atoms with Crippen LogP contribution in [0.25, 0.3) is 0 Å². The molecule has 4 nitrogen and oxygen atoms in total. The molecule has 2 heterocycles. The normalized spacial score (nSPS) is 17.2. The van der Waals surface area contributed by atoms with Gasteiger partial charge >= 0.3 is 0 Å². The van der Waals surface area contributed by atoms with Gasteiger partial charge in [0.1, 0.15) is 6.26 Å². The lowest BCUT2D eigenvalue weighted by atomic mass is 10.3. The van der Waals surface area contributed by atoms with Crippen LogP contribution < -0.4 is 4.90 Å². The number of nitrogens with zero attached hydrogens (tertiary/aromatic N) is 3. The van der Waals surface area contributed by atoms with E-state index in [0.29, 0.717) is 0 Å². The average Bonchev–Trinajstić information content (AvgIpc) is 2.69. The van der Waals surface area contributed by atoms with Gasteiger partial charge in [0.05, 0.1) is 5.69 Å². The summed E-state index contributed by atoms with van der Waals surface area (Å²) in [6.07, 6.45) is 1.70. The number of piperazine rings is 1. The summed E-state index contributed by atoms with van der Waals surface area (Å²) in [5.41, 5.74) is 0.953. The monoisotopic (exact) mass is 211 g/mol. The van der Waals surface area contributed by atoms with Crippen molar-refractivity contribution in [2.24, 2.45) is 0 Å². The maximum atomic E-state index is 5.34. The van der Waals surface area contributed by atoms with Gasteiger partial charge in [-0.3, -0.25) is 0 Å². The minimum absolute atomic E-state index is 0.769. The van der Waals surface area contributed by atoms with Crippen LogP contribution in [0, 0.1) is 6.92 Å². The zero-order chi connectivity index (χ0) is 11.3. The molecule has 0 unspecified atom stereocenters. The van der Waals surface area contributed by atoms with E-state index in [2.05, 4.69) is 21.8 Å². The Morgan fingerprint density at radius 1 is 1.20 bits per heavy atom. The highest BCUT2D eigenvalue weighted by Gasteiger charge is 2.17. The highest BCUT2D eigenvalue weighted by atomic mass is 16.4. The molecule has 0 radical (unpaired) electrons. The molecule has 0 spiro atoms. The number of hydrogen-bond acceptors (Lipinski definition) is 4. The molecule has 15 heavy (non-hydrogen) atoms. The molecule has 1 aliphatic rings. The molecule has 1 saturated heterocycles. The summed E-state index contributed by atoms with van der Waals surface area (Å²) < 4.78 is 5.34. The summed E-state index contributed by atoms with van der Waals surface area (Å²) in [5, 5.41) is 0. The van der Waals surface area contributed by atoms with Gasteiger partial charge in [-0.15, -0.1) is 0 Å². The number of rotatable bonds is 1. The van der Waals surface area contributed by atoms with Gasteiger partial charge in [0.25, 0.3) is 6.01 Å². The first-order chi connectivity index (χ1) is 7.25. The van der Waals surface area contributed by atoms with Gasteiger partial charge in [0.2, 0.25) is 0 Å². The first-order valence-electron chi connectivity index (χ1n) is 5.61. The topological polar surface area (TPSA) is 32.5 Å². The van der Waals surface area contributed by atoms with Crippen molar-refractivity contribution in [2.45, 2.75) is 20.8 Å². The molecule has 1 aliphatic heterocycles. The van der Waals surface area contributed by atoms with Crippen molar-refractivity contribution in [3.05, 3.63) is 12.0 Å². The van der Waals surface area contributed by atoms with Crippen LogP contribution in [-0.2, 0) is 0 Å². The summed E-state index contributed by atoms with van der Waals surface area (Å²) in [4.78, 5) is 8.80. The van der Waals surface area contributed by atoms with Crippen LogP contribution in [0.3, 0.4) is 0 Å². The predicted molar refractivity (Wildman–Crippen MR) is 62.3 cm³/mol. The molecule has 0 bridgehead atoms. The molecule has 0 aliphatic carbocycles. The van der Waals surface area contributed by atoms with Crippen molar-refractivity contribution in [3.63, 3.8) is 0 Å². The summed E-state index contributed by atoms with van der Waals surface area (Å²) in [7, 11) is 2.14. The SMILES string of the molecule is CC.Cc1coc(N2CCN(C)CC2)n1. The number of likely N-dealkylation sites (N-methyl/N-ethyl adjacent to an activating group) is 1. The Bertz CT molecular complexity index is 277.